The maximum atomic E-state index is 12.4. The lowest BCUT2D eigenvalue weighted by atomic mass is 10.1. The van der Waals surface area contributed by atoms with Crippen molar-refractivity contribution in [3.63, 3.8) is 0 Å². The van der Waals surface area contributed by atoms with Gasteiger partial charge in [-0.25, -0.2) is 0 Å². The summed E-state index contributed by atoms with van der Waals surface area (Å²) in [7, 11) is 0. The van der Waals surface area contributed by atoms with Crippen molar-refractivity contribution in [2.45, 2.75) is 13.8 Å². The number of amides is 1. The lowest BCUT2D eigenvalue weighted by Crippen LogP contribution is -2.13. The monoisotopic (exact) mass is 345 g/mol. The van der Waals surface area contributed by atoms with Gasteiger partial charge in [-0.05, 0) is 43.0 Å². The predicted molar refractivity (Wildman–Crippen MR) is 106 cm³/mol. The molecule has 0 unspecified atom stereocenters. The summed E-state index contributed by atoms with van der Waals surface area (Å²) < 4.78 is 0. The van der Waals surface area contributed by atoms with E-state index >= 15 is 0 Å². The number of hydrogen-bond acceptors (Lipinski definition) is 4. The van der Waals surface area contributed by atoms with Crippen molar-refractivity contribution < 1.29 is 4.79 Å². The Kier molecular flexibility index (Phi) is 5.03. The van der Waals surface area contributed by atoms with Crippen LogP contribution in [-0.2, 0) is 0 Å². The molecule has 0 bridgehead atoms. The predicted octanol–water partition coefficient (Wildman–Crippen LogP) is 3.59. The number of nitrogens with one attached hydrogen (secondary N) is 1. The van der Waals surface area contributed by atoms with Crippen LogP contribution >= 0.6 is 0 Å². The number of anilines is 1. The van der Waals surface area contributed by atoms with Crippen LogP contribution in [0.25, 0.3) is 10.8 Å². The van der Waals surface area contributed by atoms with Gasteiger partial charge in [0, 0.05) is 17.3 Å². The summed E-state index contributed by atoms with van der Waals surface area (Å²) in [5.74, 6) is 0.147. The minimum atomic E-state index is -0.253. The molecule has 0 saturated carbocycles. The van der Waals surface area contributed by atoms with Gasteiger partial charge < -0.3 is 11.1 Å². The Labute approximate surface area is 151 Å². The maximum absolute atomic E-state index is 12.4. The van der Waals surface area contributed by atoms with Gasteiger partial charge in [0.25, 0.3) is 5.91 Å². The molecule has 0 radical (unpaired) electrons. The standard InChI is InChI=1S/C20H19N5O/c1-13(24-25-14(2)21)15-7-9-18(10-8-15)23-20(26)19-11-16-5-3-4-6-17(16)12-22-19/h3-12H,1-2H3,(H2,21,25)(H,23,26)/b24-13-. The van der Waals surface area contributed by atoms with E-state index in [2.05, 4.69) is 20.5 Å². The molecule has 6 heteroatoms. The first-order chi connectivity index (χ1) is 12.5. The van der Waals surface area contributed by atoms with Crippen molar-refractivity contribution in [2.75, 3.05) is 5.32 Å². The molecule has 0 spiro atoms. The van der Waals surface area contributed by atoms with E-state index in [-0.39, 0.29) is 5.91 Å². The molecule has 1 heterocycles. The highest BCUT2D eigenvalue weighted by molar-refractivity contribution is 6.05. The number of benzene rings is 2. The van der Waals surface area contributed by atoms with Crippen LogP contribution in [0.4, 0.5) is 5.69 Å². The third-order valence-corrected chi connectivity index (χ3v) is 3.78. The maximum Gasteiger partial charge on any atom is 0.274 e. The Morgan fingerprint density at radius 1 is 1.00 bits per heavy atom. The van der Waals surface area contributed by atoms with Gasteiger partial charge in [0.2, 0.25) is 0 Å². The molecule has 1 amide bonds. The summed E-state index contributed by atoms with van der Waals surface area (Å²) >= 11 is 0. The first kappa shape index (κ1) is 17.3. The minimum Gasteiger partial charge on any atom is -0.386 e. The number of nitrogens with zero attached hydrogens (tertiary/aromatic N) is 3. The molecule has 0 fully saturated rings. The molecule has 0 aliphatic carbocycles. The van der Waals surface area contributed by atoms with Crippen LogP contribution < -0.4 is 11.1 Å². The number of nitrogens with two attached hydrogens (primary N) is 1. The van der Waals surface area contributed by atoms with E-state index in [1.165, 1.54) is 0 Å². The van der Waals surface area contributed by atoms with Gasteiger partial charge in [-0.2, -0.15) is 5.10 Å². The van der Waals surface area contributed by atoms with Crippen molar-refractivity contribution in [2.24, 2.45) is 15.9 Å². The van der Waals surface area contributed by atoms with Crippen LogP contribution in [0.1, 0.15) is 29.9 Å². The number of hydrogen-bond donors (Lipinski definition) is 2. The van der Waals surface area contributed by atoms with Crippen LogP contribution in [0.15, 0.2) is 71.0 Å². The molecule has 3 rings (SSSR count). The third kappa shape index (κ3) is 4.10. The molecule has 130 valence electrons. The number of fused-ring (bicyclic) bond motifs is 1. The summed E-state index contributed by atoms with van der Waals surface area (Å²) in [4.78, 5) is 16.7. The lowest BCUT2D eigenvalue weighted by molar-refractivity contribution is 0.102. The van der Waals surface area contributed by atoms with Crippen LogP contribution in [0, 0.1) is 0 Å². The van der Waals surface area contributed by atoms with Crippen molar-refractivity contribution in [3.05, 3.63) is 72.1 Å². The van der Waals surface area contributed by atoms with E-state index in [9.17, 15) is 4.79 Å². The van der Waals surface area contributed by atoms with Crippen LogP contribution in [-0.4, -0.2) is 22.4 Å². The number of rotatable bonds is 4. The number of carbonyl (C=O) groups is 1. The lowest BCUT2D eigenvalue weighted by Gasteiger charge is -2.07. The summed E-state index contributed by atoms with van der Waals surface area (Å²) in [5, 5.41) is 12.7. The molecule has 0 aliphatic rings. The number of pyridine rings is 1. The van der Waals surface area contributed by atoms with Crippen LogP contribution in [0.5, 0.6) is 0 Å². The van der Waals surface area contributed by atoms with Gasteiger partial charge in [-0.3, -0.25) is 9.78 Å². The fraction of sp³-hybridized carbons (Fsp3) is 0.100. The molecular weight excluding hydrogens is 326 g/mol. The topological polar surface area (TPSA) is 92.7 Å². The summed E-state index contributed by atoms with van der Waals surface area (Å²) in [6.45, 7) is 3.52. The number of aromatic nitrogens is 1. The van der Waals surface area contributed by atoms with Gasteiger partial charge in [0.05, 0.1) is 5.71 Å². The number of amidine groups is 1. The average molecular weight is 345 g/mol. The van der Waals surface area contributed by atoms with Gasteiger partial charge in [0.15, 0.2) is 0 Å². The van der Waals surface area contributed by atoms with E-state index < -0.39 is 0 Å². The van der Waals surface area contributed by atoms with Crippen LogP contribution in [0.2, 0.25) is 0 Å². The highest BCUT2D eigenvalue weighted by Crippen LogP contribution is 2.15. The third-order valence-electron chi connectivity index (χ3n) is 3.78. The van der Waals surface area contributed by atoms with E-state index in [0.29, 0.717) is 17.2 Å². The summed E-state index contributed by atoms with van der Waals surface area (Å²) in [5.41, 5.74) is 8.17. The SMILES string of the molecule is CC(N)=N/N=C(/C)c1ccc(NC(=O)c2cc3ccccc3cn2)cc1. The van der Waals surface area contributed by atoms with Gasteiger partial charge in [-0.15, -0.1) is 5.10 Å². The van der Waals surface area contributed by atoms with Gasteiger partial charge in [-0.1, -0.05) is 36.4 Å². The van der Waals surface area contributed by atoms with E-state index in [1.54, 1.807) is 19.2 Å². The van der Waals surface area contributed by atoms with Crippen molar-refractivity contribution in [3.8, 4) is 0 Å². The fourth-order valence-corrected chi connectivity index (χ4v) is 2.41. The number of carbonyl (C=O) groups excluding carboxylic acids is 1. The van der Waals surface area contributed by atoms with E-state index in [0.717, 1.165) is 22.0 Å². The molecule has 6 nitrogen and oxygen atoms in total. The van der Waals surface area contributed by atoms with E-state index in [4.69, 9.17) is 5.73 Å². The highest BCUT2D eigenvalue weighted by Gasteiger charge is 2.09. The van der Waals surface area contributed by atoms with E-state index in [1.807, 2.05) is 55.5 Å². The average Bonchev–Trinajstić information content (AvgIpc) is 2.66. The first-order valence-electron chi connectivity index (χ1n) is 8.14. The molecule has 0 saturated heterocycles. The molecule has 26 heavy (non-hydrogen) atoms. The molecule has 0 atom stereocenters. The van der Waals surface area contributed by atoms with Crippen LogP contribution in [0.3, 0.4) is 0 Å². The first-order valence-corrected chi connectivity index (χ1v) is 8.14. The second kappa shape index (κ2) is 7.57. The van der Waals surface area contributed by atoms with Crippen molar-refractivity contribution in [1.29, 1.82) is 0 Å². The highest BCUT2D eigenvalue weighted by atomic mass is 16.1. The second-order valence-electron chi connectivity index (χ2n) is 5.87. The molecule has 0 aliphatic heterocycles. The molecule has 3 N–H and O–H groups in total. The largest absolute Gasteiger partial charge is 0.386 e. The summed E-state index contributed by atoms with van der Waals surface area (Å²) in [6, 6.07) is 16.9. The Balaban J connectivity index is 1.74. The van der Waals surface area contributed by atoms with Crippen molar-refractivity contribution in [1.82, 2.24) is 4.98 Å². The van der Waals surface area contributed by atoms with Gasteiger partial charge in [0.1, 0.15) is 11.5 Å². The molecule has 2 aromatic carbocycles. The van der Waals surface area contributed by atoms with Crippen molar-refractivity contribution >= 4 is 33.9 Å². The molecule has 1 aromatic heterocycles. The Hall–Kier alpha value is -3.54. The normalized spacial score (nSPS) is 12.2. The Bertz CT molecular complexity index is 1000. The summed E-state index contributed by atoms with van der Waals surface area (Å²) in [6.07, 6.45) is 1.70. The Morgan fingerprint density at radius 3 is 2.38 bits per heavy atom. The quantitative estimate of drug-likeness (QED) is 0.430. The second-order valence-corrected chi connectivity index (χ2v) is 5.87. The molecule has 3 aromatic rings. The minimum absolute atomic E-state index is 0.253. The fourth-order valence-electron chi connectivity index (χ4n) is 2.41. The zero-order chi connectivity index (χ0) is 18.5. The molecular formula is C20H19N5O. The zero-order valence-corrected chi connectivity index (χ0v) is 14.6. The van der Waals surface area contributed by atoms with Gasteiger partial charge >= 0.3 is 0 Å². The smallest absolute Gasteiger partial charge is 0.274 e. The Morgan fingerprint density at radius 2 is 1.69 bits per heavy atom. The zero-order valence-electron chi connectivity index (χ0n) is 14.6.